The summed E-state index contributed by atoms with van der Waals surface area (Å²) in [5.74, 6) is -0.616. The lowest BCUT2D eigenvalue weighted by Gasteiger charge is -2.02. The predicted molar refractivity (Wildman–Crippen MR) is 49.9 cm³/mol. The van der Waals surface area contributed by atoms with Gasteiger partial charge in [-0.25, -0.2) is 9.78 Å². The lowest BCUT2D eigenvalue weighted by molar-refractivity contribution is 0.0519. The summed E-state index contributed by atoms with van der Waals surface area (Å²) in [4.78, 5) is 15.0. The molecule has 4 nitrogen and oxygen atoms in total. The van der Waals surface area contributed by atoms with Crippen LogP contribution in [0.3, 0.4) is 0 Å². The number of pyridine rings is 1. The third kappa shape index (κ3) is 2.01. The van der Waals surface area contributed by atoms with Crippen LogP contribution in [0.5, 0.6) is 0 Å². The number of halogens is 1. The lowest BCUT2D eigenvalue weighted by Crippen LogP contribution is -2.08. The van der Waals surface area contributed by atoms with Gasteiger partial charge in [0.2, 0.25) is 0 Å². The number of hydrogen-bond donors (Lipinski definition) is 0. The second-order valence-corrected chi connectivity index (χ2v) is 2.73. The van der Waals surface area contributed by atoms with E-state index in [1.54, 1.807) is 6.92 Å². The molecule has 0 saturated heterocycles. The molecule has 1 aromatic rings. The van der Waals surface area contributed by atoms with Crippen LogP contribution in [0.1, 0.15) is 23.0 Å². The molecule has 0 fully saturated rings. The van der Waals surface area contributed by atoms with Gasteiger partial charge in [-0.3, -0.25) is 0 Å². The maximum atomic E-state index is 11.3. The number of ether oxygens (including phenoxy) is 1. The summed E-state index contributed by atoms with van der Waals surface area (Å²) < 4.78 is 4.71. The van der Waals surface area contributed by atoms with E-state index >= 15 is 0 Å². The van der Waals surface area contributed by atoms with Crippen LogP contribution in [-0.4, -0.2) is 17.6 Å². The van der Waals surface area contributed by atoms with Gasteiger partial charge in [0, 0.05) is 6.20 Å². The predicted octanol–water partition coefficient (Wildman–Crippen LogP) is 1.78. The molecule has 0 spiro atoms. The first-order chi connectivity index (χ1) is 6.70. The molecule has 5 heteroatoms. The highest BCUT2D eigenvalue weighted by Crippen LogP contribution is 2.18. The van der Waals surface area contributed by atoms with Gasteiger partial charge in [0.15, 0.2) is 5.69 Å². The van der Waals surface area contributed by atoms with Crippen LogP contribution in [-0.2, 0) is 4.74 Å². The van der Waals surface area contributed by atoms with E-state index in [9.17, 15) is 4.79 Å². The average Bonchev–Trinajstić information content (AvgIpc) is 2.18. The molecule has 14 heavy (non-hydrogen) atoms. The fourth-order valence-electron chi connectivity index (χ4n) is 0.872. The first-order valence-electron chi connectivity index (χ1n) is 3.92. The third-order valence-corrected chi connectivity index (χ3v) is 1.86. The van der Waals surface area contributed by atoms with Gasteiger partial charge in [-0.1, -0.05) is 11.6 Å². The Hall–Kier alpha value is -1.60. The summed E-state index contributed by atoms with van der Waals surface area (Å²) in [7, 11) is 0. The molecule has 0 radical (unpaired) electrons. The van der Waals surface area contributed by atoms with Crippen LogP contribution < -0.4 is 0 Å². The lowest BCUT2D eigenvalue weighted by atomic mass is 10.2. The van der Waals surface area contributed by atoms with E-state index in [0.29, 0.717) is 0 Å². The zero-order valence-corrected chi connectivity index (χ0v) is 8.21. The number of aromatic nitrogens is 1. The van der Waals surface area contributed by atoms with Crippen molar-refractivity contribution in [1.82, 2.24) is 4.98 Å². The highest BCUT2D eigenvalue weighted by Gasteiger charge is 2.15. The van der Waals surface area contributed by atoms with Gasteiger partial charge in [-0.15, -0.1) is 0 Å². The van der Waals surface area contributed by atoms with Crippen LogP contribution in [0.25, 0.3) is 0 Å². The molecule has 0 aliphatic carbocycles. The molecule has 0 unspecified atom stereocenters. The summed E-state index contributed by atoms with van der Waals surface area (Å²) in [5, 5.41) is 8.68. The van der Waals surface area contributed by atoms with E-state index in [0.717, 1.165) is 0 Å². The van der Waals surface area contributed by atoms with Crippen LogP contribution in [0.15, 0.2) is 12.3 Å². The number of nitriles is 1. The van der Waals surface area contributed by atoms with Crippen molar-refractivity contribution in [1.29, 1.82) is 5.26 Å². The van der Waals surface area contributed by atoms with E-state index in [1.165, 1.54) is 12.3 Å². The quantitative estimate of drug-likeness (QED) is 0.698. The molecular formula is C9H7ClN2O2. The highest BCUT2D eigenvalue weighted by atomic mass is 35.5. The van der Waals surface area contributed by atoms with Crippen molar-refractivity contribution in [2.75, 3.05) is 6.61 Å². The molecule has 1 heterocycles. The minimum atomic E-state index is -0.616. The topological polar surface area (TPSA) is 63.0 Å². The number of carbonyl (C=O) groups is 1. The van der Waals surface area contributed by atoms with Gasteiger partial charge < -0.3 is 4.74 Å². The Morgan fingerprint density at radius 1 is 1.79 bits per heavy atom. The standard InChI is InChI=1S/C9H7ClN2O2/c1-2-14-9(13)8-7(10)6(5-11)3-4-12-8/h3-4H,2H2,1H3. The Labute approximate surface area is 86.1 Å². The van der Waals surface area contributed by atoms with Crippen molar-refractivity contribution in [3.8, 4) is 6.07 Å². The van der Waals surface area contributed by atoms with Gasteiger partial charge in [0.25, 0.3) is 0 Å². The largest absolute Gasteiger partial charge is 0.461 e. The average molecular weight is 211 g/mol. The number of carbonyl (C=O) groups excluding carboxylic acids is 1. The normalized spacial score (nSPS) is 9.21. The van der Waals surface area contributed by atoms with Crippen molar-refractivity contribution in [3.63, 3.8) is 0 Å². The molecule has 0 aliphatic rings. The van der Waals surface area contributed by atoms with E-state index in [-0.39, 0.29) is 22.9 Å². The molecule has 1 rings (SSSR count). The summed E-state index contributed by atoms with van der Waals surface area (Å²) >= 11 is 5.75. The number of hydrogen-bond acceptors (Lipinski definition) is 4. The summed E-state index contributed by atoms with van der Waals surface area (Å²) in [5.41, 5.74) is 0.192. The van der Waals surface area contributed by atoms with Gasteiger partial charge in [0.1, 0.15) is 6.07 Å². The maximum Gasteiger partial charge on any atom is 0.358 e. The van der Waals surface area contributed by atoms with Crippen molar-refractivity contribution < 1.29 is 9.53 Å². The highest BCUT2D eigenvalue weighted by molar-refractivity contribution is 6.34. The molecular weight excluding hydrogens is 204 g/mol. The summed E-state index contributed by atoms with van der Waals surface area (Å²) in [6.45, 7) is 1.92. The Balaban J connectivity index is 3.11. The van der Waals surface area contributed by atoms with Crippen molar-refractivity contribution in [2.45, 2.75) is 6.92 Å². The Morgan fingerprint density at radius 2 is 2.50 bits per heavy atom. The van der Waals surface area contributed by atoms with Crippen LogP contribution in [0, 0.1) is 11.3 Å². The molecule has 0 aliphatic heterocycles. The first kappa shape index (κ1) is 10.5. The Kier molecular flexibility index (Phi) is 3.43. The number of rotatable bonds is 2. The van der Waals surface area contributed by atoms with Crippen LogP contribution in [0.4, 0.5) is 0 Å². The smallest absolute Gasteiger partial charge is 0.358 e. The molecule has 0 aromatic carbocycles. The second kappa shape index (κ2) is 4.58. The molecule has 0 atom stereocenters. The van der Waals surface area contributed by atoms with E-state index in [4.69, 9.17) is 21.6 Å². The van der Waals surface area contributed by atoms with Gasteiger partial charge in [-0.2, -0.15) is 5.26 Å². The van der Waals surface area contributed by atoms with Crippen molar-refractivity contribution >= 4 is 17.6 Å². The van der Waals surface area contributed by atoms with E-state index < -0.39 is 5.97 Å². The number of nitrogens with zero attached hydrogens (tertiary/aromatic N) is 2. The van der Waals surface area contributed by atoms with Gasteiger partial charge >= 0.3 is 5.97 Å². The molecule has 72 valence electrons. The molecule has 0 saturated carbocycles. The molecule has 1 aromatic heterocycles. The molecule has 0 bridgehead atoms. The maximum absolute atomic E-state index is 11.3. The summed E-state index contributed by atoms with van der Waals surface area (Å²) in [6, 6.07) is 3.29. The minimum absolute atomic E-state index is 0.0208. The second-order valence-electron chi connectivity index (χ2n) is 2.35. The monoisotopic (exact) mass is 210 g/mol. The fraction of sp³-hybridized carbons (Fsp3) is 0.222. The van der Waals surface area contributed by atoms with Crippen LogP contribution in [0.2, 0.25) is 5.02 Å². The third-order valence-electron chi connectivity index (χ3n) is 1.48. The first-order valence-corrected chi connectivity index (χ1v) is 4.30. The van der Waals surface area contributed by atoms with Gasteiger partial charge in [-0.05, 0) is 13.0 Å². The summed E-state index contributed by atoms with van der Waals surface area (Å²) in [6.07, 6.45) is 1.34. The SMILES string of the molecule is CCOC(=O)c1nccc(C#N)c1Cl. The minimum Gasteiger partial charge on any atom is -0.461 e. The zero-order valence-electron chi connectivity index (χ0n) is 7.45. The van der Waals surface area contributed by atoms with E-state index in [1.807, 2.05) is 6.07 Å². The Bertz CT molecular complexity index is 398. The molecule has 0 N–H and O–H groups in total. The molecule has 0 amide bonds. The van der Waals surface area contributed by atoms with Crippen LogP contribution >= 0.6 is 11.6 Å². The number of esters is 1. The Morgan fingerprint density at radius 3 is 3.07 bits per heavy atom. The van der Waals surface area contributed by atoms with Gasteiger partial charge in [0.05, 0.1) is 17.2 Å². The zero-order chi connectivity index (χ0) is 10.6. The van der Waals surface area contributed by atoms with E-state index in [2.05, 4.69) is 4.98 Å². The van der Waals surface area contributed by atoms with Crippen molar-refractivity contribution in [2.24, 2.45) is 0 Å². The fourth-order valence-corrected chi connectivity index (χ4v) is 1.10. The van der Waals surface area contributed by atoms with Crippen molar-refractivity contribution in [3.05, 3.63) is 28.5 Å².